The first kappa shape index (κ1) is 24.7. The van der Waals surface area contributed by atoms with Gasteiger partial charge in [0.05, 0.1) is 18.9 Å². The third kappa shape index (κ3) is 6.32. The number of furan rings is 1. The van der Waals surface area contributed by atoms with Crippen LogP contribution >= 0.6 is 11.6 Å². The van der Waals surface area contributed by atoms with E-state index >= 15 is 0 Å². The van der Waals surface area contributed by atoms with Gasteiger partial charge in [-0.15, -0.1) is 0 Å². The molecule has 2 amide bonds. The largest absolute Gasteiger partial charge is 0.465 e. The molecule has 0 fully saturated rings. The highest BCUT2D eigenvalue weighted by atomic mass is 35.5. The molecule has 3 rings (SSSR count). The molecular formula is C25H24ClN3O5. The molecule has 34 heavy (non-hydrogen) atoms. The van der Waals surface area contributed by atoms with Crippen LogP contribution in [0.2, 0.25) is 5.02 Å². The van der Waals surface area contributed by atoms with Crippen molar-refractivity contribution in [3.05, 3.63) is 82.6 Å². The molecule has 1 unspecified atom stereocenters. The predicted octanol–water partition coefficient (Wildman–Crippen LogP) is 4.29. The van der Waals surface area contributed by atoms with Crippen molar-refractivity contribution in [1.29, 1.82) is 0 Å². The minimum Gasteiger partial charge on any atom is -0.465 e. The fourth-order valence-electron chi connectivity index (χ4n) is 3.08. The van der Waals surface area contributed by atoms with Crippen molar-refractivity contribution in [2.75, 3.05) is 7.11 Å². The Kier molecular flexibility index (Phi) is 8.21. The zero-order valence-corrected chi connectivity index (χ0v) is 19.6. The molecule has 0 radical (unpaired) electrons. The number of carbonyl (C=O) groups excluding carboxylic acids is 3. The average Bonchev–Trinajstić information content (AvgIpc) is 3.30. The monoisotopic (exact) mass is 481 g/mol. The molecule has 1 aromatic heterocycles. The zero-order chi connectivity index (χ0) is 24.7. The highest BCUT2D eigenvalue weighted by Crippen LogP contribution is 2.22. The van der Waals surface area contributed by atoms with Crippen LogP contribution in [-0.2, 0) is 9.53 Å². The lowest BCUT2D eigenvalue weighted by Crippen LogP contribution is -2.48. The van der Waals surface area contributed by atoms with Gasteiger partial charge in [0.1, 0.15) is 17.6 Å². The molecule has 0 saturated carbocycles. The van der Waals surface area contributed by atoms with E-state index in [1.807, 2.05) is 13.8 Å². The molecule has 3 aromatic rings. The number of nitrogens with one attached hydrogen (secondary N) is 2. The quantitative estimate of drug-likeness (QED) is 0.283. The first-order valence-electron chi connectivity index (χ1n) is 10.5. The summed E-state index contributed by atoms with van der Waals surface area (Å²) >= 11 is 5.94. The van der Waals surface area contributed by atoms with E-state index in [2.05, 4.69) is 20.6 Å². The summed E-state index contributed by atoms with van der Waals surface area (Å²) in [4.78, 5) is 36.7. The minimum absolute atomic E-state index is 0.179. The number of benzene rings is 2. The molecule has 176 valence electrons. The summed E-state index contributed by atoms with van der Waals surface area (Å²) in [7, 11) is 1.32. The van der Waals surface area contributed by atoms with Crippen LogP contribution in [0.3, 0.4) is 0 Å². The van der Waals surface area contributed by atoms with Crippen LogP contribution in [-0.4, -0.2) is 37.1 Å². The lowest BCUT2D eigenvalue weighted by molar-refractivity contribution is -0.123. The Hall–Kier alpha value is -3.91. The van der Waals surface area contributed by atoms with Gasteiger partial charge in [-0.3, -0.25) is 9.59 Å². The van der Waals surface area contributed by atoms with Gasteiger partial charge in [0.2, 0.25) is 0 Å². The van der Waals surface area contributed by atoms with Gasteiger partial charge in [-0.1, -0.05) is 43.6 Å². The van der Waals surface area contributed by atoms with E-state index in [1.165, 1.54) is 19.4 Å². The zero-order valence-electron chi connectivity index (χ0n) is 18.9. The number of halogens is 1. The summed E-state index contributed by atoms with van der Waals surface area (Å²) < 4.78 is 10.4. The Morgan fingerprint density at radius 1 is 1.03 bits per heavy atom. The van der Waals surface area contributed by atoms with Crippen LogP contribution in [0.4, 0.5) is 0 Å². The van der Waals surface area contributed by atoms with Crippen molar-refractivity contribution in [1.82, 2.24) is 10.7 Å². The number of methoxy groups -OCH3 is 1. The van der Waals surface area contributed by atoms with Gasteiger partial charge in [-0.25, -0.2) is 10.2 Å². The topological polar surface area (TPSA) is 110 Å². The van der Waals surface area contributed by atoms with Crippen molar-refractivity contribution in [3.8, 4) is 11.3 Å². The van der Waals surface area contributed by atoms with Gasteiger partial charge in [0.15, 0.2) is 0 Å². The maximum absolute atomic E-state index is 12.6. The molecule has 1 atom stereocenters. The van der Waals surface area contributed by atoms with Crippen LogP contribution < -0.4 is 10.7 Å². The molecule has 1 heterocycles. The number of hydrazone groups is 1. The van der Waals surface area contributed by atoms with Gasteiger partial charge in [0, 0.05) is 16.1 Å². The smallest absolute Gasteiger partial charge is 0.337 e. The van der Waals surface area contributed by atoms with Crippen molar-refractivity contribution in [3.63, 3.8) is 0 Å². The fraction of sp³-hybridized carbons (Fsp3) is 0.200. The number of esters is 1. The lowest BCUT2D eigenvalue weighted by Gasteiger charge is -2.20. The Balaban J connectivity index is 1.61. The number of hydrogen-bond donors (Lipinski definition) is 2. The molecule has 0 saturated heterocycles. The molecule has 0 bridgehead atoms. The second-order valence-corrected chi connectivity index (χ2v) is 8.15. The molecule has 0 aliphatic rings. The van der Waals surface area contributed by atoms with E-state index in [9.17, 15) is 14.4 Å². The Morgan fingerprint density at radius 3 is 2.41 bits per heavy atom. The highest BCUT2D eigenvalue weighted by Gasteiger charge is 2.24. The summed E-state index contributed by atoms with van der Waals surface area (Å²) in [6.45, 7) is 3.63. The van der Waals surface area contributed by atoms with Gasteiger partial charge >= 0.3 is 5.97 Å². The molecule has 8 nitrogen and oxygen atoms in total. The molecule has 0 aliphatic heterocycles. The normalized spacial score (nSPS) is 11.9. The van der Waals surface area contributed by atoms with Crippen molar-refractivity contribution >= 4 is 35.6 Å². The minimum atomic E-state index is -0.802. The van der Waals surface area contributed by atoms with E-state index in [1.54, 1.807) is 54.6 Å². The highest BCUT2D eigenvalue weighted by molar-refractivity contribution is 6.31. The van der Waals surface area contributed by atoms with Gasteiger partial charge in [0.25, 0.3) is 11.8 Å². The van der Waals surface area contributed by atoms with Crippen molar-refractivity contribution in [2.24, 2.45) is 11.0 Å². The van der Waals surface area contributed by atoms with Crippen LogP contribution in [0, 0.1) is 5.92 Å². The van der Waals surface area contributed by atoms with E-state index < -0.39 is 23.8 Å². The van der Waals surface area contributed by atoms with Gasteiger partial charge in [-0.2, -0.15) is 5.10 Å². The van der Waals surface area contributed by atoms with E-state index in [-0.39, 0.29) is 5.92 Å². The maximum atomic E-state index is 12.6. The molecule has 2 aromatic carbocycles. The lowest BCUT2D eigenvalue weighted by atomic mass is 10.0. The number of ether oxygens (including phenoxy) is 1. The summed E-state index contributed by atoms with van der Waals surface area (Å²) in [6, 6.07) is 15.9. The summed E-state index contributed by atoms with van der Waals surface area (Å²) in [5, 5.41) is 7.08. The number of nitrogens with zero attached hydrogens (tertiary/aromatic N) is 1. The van der Waals surface area contributed by atoms with Crippen molar-refractivity contribution < 1.29 is 23.5 Å². The molecule has 0 spiro atoms. The van der Waals surface area contributed by atoms with Crippen LogP contribution in [0.15, 0.2) is 70.2 Å². The first-order valence-corrected chi connectivity index (χ1v) is 10.8. The van der Waals surface area contributed by atoms with E-state index in [0.717, 1.165) is 5.56 Å². The van der Waals surface area contributed by atoms with Crippen LogP contribution in [0.5, 0.6) is 0 Å². The van der Waals surface area contributed by atoms with E-state index in [4.69, 9.17) is 16.0 Å². The molecular weight excluding hydrogens is 458 g/mol. The fourth-order valence-corrected chi connectivity index (χ4v) is 3.27. The average molecular weight is 482 g/mol. The third-order valence-electron chi connectivity index (χ3n) is 4.91. The molecule has 0 aliphatic carbocycles. The Bertz CT molecular complexity index is 1200. The molecule has 2 N–H and O–H groups in total. The number of carbonyl (C=O) groups is 3. The van der Waals surface area contributed by atoms with Crippen molar-refractivity contribution in [2.45, 2.75) is 19.9 Å². The third-order valence-corrected chi connectivity index (χ3v) is 5.14. The first-order chi connectivity index (χ1) is 16.3. The SMILES string of the molecule is COC(=O)c1ccc(-c2ccc(/C=N/NC(=O)C(NC(=O)c3cccc(Cl)c3)C(C)C)o2)cc1. The summed E-state index contributed by atoms with van der Waals surface area (Å²) in [5.41, 5.74) is 3.99. The standard InChI is InChI=1S/C25H24ClN3O5/c1-15(2)22(28-23(30)18-5-4-6-19(26)13-18)24(31)29-27-14-20-11-12-21(34-20)16-7-9-17(10-8-16)25(32)33-3/h4-15,22H,1-3H3,(H,28,30)(H,29,31)/b27-14+. The summed E-state index contributed by atoms with van der Waals surface area (Å²) in [5.74, 6) is -0.491. The van der Waals surface area contributed by atoms with Crippen LogP contribution in [0.1, 0.15) is 40.3 Å². The van der Waals surface area contributed by atoms with E-state index in [0.29, 0.717) is 27.7 Å². The Morgan fingerprint density at radius 2 is 1.76 bits per heavy atom. The second-order valence-electron chi connectivity index (χ2n) is 7.71. The van der Waals surface area contributed by atoms with Gasteiger partial charge < -0.3 is 14.5 Å². The predicted molar refractivity (Wildman–Crippen MR) is 129 cm³/mol. The number of amides is 2. The number of rotatable bonds is 8. The van der Waals surface area contributed by atoms with Crippen LogP contribution in [0.25, 0.3) is 11.3 Å². The second kappa shape index (κ2) is 11.3. The summed E-state index contributed by atoms with van der Waals surface area (Å²) in [6.07, 6.45) is 1.36. The Labute approximate surface area is 201 Å². The van der Waals surface area contributed by atoms with Gasteiger partial charge in [-0.05, 0) is 48.4 Å². The maximum Gasteiger partial charge on any atom is 0.337 e. The molecule has 9 heteroatoms. The number of hydrogen-bond acceptors (Lipinski definition) is 6.